The summed E-state index contributed by atoms with van der Waals surface area (Å²) in [5, 5.41) is 17.2. The zero-order valence-corrected chi connectivity index (χ0v) is 30.8. The van der Waals surface area contributed by atoms with Gasteiger partial charge >= 0.3 is 0 Å². The fourth-order valence-electron chi connectivity index (χ4n) is 3.49. The number of hydrogen-bond donors (Lipinski definition) is 4. The fraction of sp³-hybridized carbons (Fsp3) is 0.474. The monoisotopic (exact) mass is 698 g/mol. The molecule has 8 nitrogen and oxygen atoms in total. The first kappa shape index (κ1) is 44.7. The fourth-order valence-corrected chi connectivity index (χ4v) is 5.40. The number of nitrogens with zero attached hydrogens (tertiary/aromatic N) is 1. The van der Waals surface area contributed by atoms with Crippen molar-refractivity contribution >= 4 is 39.3 Å². The molecule has 0 aliphatic heterocycles. The van der Waals surface area contributed by atoms with Crippen LogP contribution < -0.4 is 16.0 Å². The maximum atomic E-state index is 11.7. The molecule has 0 aromatic carbocycles. The Kier molecular flexibility index (Phi) is 32.5. The number of nitrogens with one attached hydrogen (secondary N) is 3. The van der Waals surface area contributed by atoms with Gasteiger partial charge in [0.25, 0.3) is 5.91 Å². The van der Waals surface area contributed by atoms with Crippen LogP contribution in [0, 0.1) is 0 Å². The number of amides is 3. The Morgan fingerprint density at radius 3 is 1.88 bits per heavy atom. The molecule has 1 heterocycles. The molecule has 0 aliphatic carbocycles. The summed E-state index contributed by atoms with van der Waals surface area (Å²) in [6.45, 7) is 7.63. The Morgan fingerprint density at radius 2 is 1.35 bits per heavy atom. The molecular formula is C38H58N4O4S2. The number of aromatic nitrogens is 1. The van der Waals surface area contributed by atoms with Crippen LogP contribution in [0.2, 0.25) is 0 Å². The van der Waals surface area contributed by atoms with Crippen LogP contribution >= 0.6 is 21.6 Å². The Morgan fingerprint density at radius 1 is 0.792 bits per heavy atom. The summed E-state index contributed by atoms with van der Waals surface area (Å²) < 4.78 is 0. The lowest BCUT2D eigenvalue weighted by atomic mass is 10.2. The summed E-state index contributed by atoms with van der Waals surface area (Å²) in [5.41, 5.74) is 0.413. The topological polar surface area (TPSA) is 120 Å². The van der Waals surface area contributed by atoms with Crippen molar-refractivity contribution in [2.24, 2.45) is 0 Å². The first-order chi connectivity index (χ1) is 23.4. The van der Waals surface area contributed by atoms with Gasteiger partial charge in [-0.05, 0) is 63.5 Å². The molecule has 10 heteroatoms. The van der Waals surface area contributed by atoms with E-state index in [1.54, 1.807) is 18.3 Å². The molecule has 0 unspecified atom stereocenters. The van der Waals surface area contributed by atoms with E-state index in [1.165, 1.54) is 6.20 Å². The van der Waals surface area contributed by atoms with E-state index in [0.717, 1.165) is 57.2 Å². The lowest BCUT2D eigenvalue weighted by molar-refractivity contribution is -0.121. The number of aliphatic hydroxyl groups excluding tert-OH is 1. The number of carbonyl (C=O) groups is 3. The molecule has 1 rings (SSSR count). The third-order valence-corrected chi connectivity index (χ3v) is 8.85. The van der Waals surface area contributed by atoms with Crippen LogP contribution in [0.5, 0.6) is 0 Å². The zero-order valence-electron chi connectivity index (χ0n) is 29.2. The Labute approximate surface area is 297 Å². The predicted molar refractivity (Wildman–Crippen MR) is 207 cm³/mol. The lowest BCUT2D eigenvalue weighted by Crippen LogP contribution is -2.37. The highest BCUT2D eigenvalue weighted by atomic mass is 33.1. The van der Waals surface area contributed by atoms with E-state index >= 15 is 0 Å². The minimum atomic E-state index is -0.338. The second-order valence-electron chi connectivity index (χ2n) is 10.6. The van der Waals surface area contributed by atoms with Crippen LogP contribution in [-0.2, 0) is 9.59 Å². The van der Waals surface area contributed by atoms with E-state index in [-0.39, 0.29) is 30.9 Å². The standard InChI is InChI=1S/C27H43NOS2.C11H15N3O3/c1-4-5-6-7-8-9-10-11-12-13-14-15-16-17-18-19-20-21-22-23-27(29)28-24-25-30-31-26(2)3;15-6-2-5-13-10(16)8-14-11(17)9-3-1-4-12-7-9/h5-6,8-9,11-12,14-15,17-18,20-21,26H,4,7,10,13,16,19,22-25H2,1-3H3,(H,28,29);1,3-4,7,15H,2,5-6,8H2,(H,13,16)(H,14,17)/b6-5-,9-8-,12-11-,15-14-,18-17-,21-20-;. The maximum absolute atomic E-state index is 11.7. The van der Waals surface area contributed by atoms with E-state index in [2.05, 4.69) is 115 Å². The molecule has 0 saturated heterocycles. The van der Waals surface area contributed by atoms with Crippen molar-refractivity contribution < 1.29 is 19.5 Å². The van der Waals surface area contributed by atoms with E-state index in [4.69, 9.17) is 5.11 Å². The van der Waals surface area contributed by atoms with Gasteiger partial charge in [0.15, 0.2) is 0 Å². The molecule has 0 fully saturated rings. The molecular weight excluding hydrogens is 641 g/mol. The normalized spacial score (nSPS) is 11.8. The number of carbonyl (C=O) groups excluding carboxylic acids is 3. The van der Waals surface area contributed by atoms with E-state index in [0.29, 0.717) is 30.2 Å². The largest absolute Gasteiger partial charge is 0.396 e. The summed E-state index contributed by atoms with van der Waals surface area (Å²) >= 11 is 0. The molecule has 0 bridgehead atoms. The number of allylic oxidation sites excluding steroid dienone is 12. The molecule has 1 aromatic heterocycles. The summed E-state index contributed by atoms with van der Waals surface area (Å²) in [5.74, 6) is 0.495. The van der Waals surface area contributed by atoms with Gasteiger partial charge in [-0.1, -0.05) is 115 Å². The molecule has 0 radical (unpaired) electrons. The van der Waals surface area contributed by atoms with Crippen molar-refractivity contribution in [1.29, 1.82) is 0 Å². The van der Waals surface area contributed by atoms with Crippen molar-refractivity contribution in [1.82, 2.24) is 20.9 Å². The van der Waals surface area contributed by atoms with E-state index < -0.39 is 0 Å². The van der Waals surface area contributed by atoms with Crippen LogP contribution in [0.25, 0.3) is 0 Å². The third-order valence-electron chi connectivity index (χ3n) is 5.89. The van der Waals surface area contributed by atoms with Gasteiger partial charge in [0.1, 0.15) is 0 Å². The summed E-state index contributed by atoms with van der Waals surface area (Å²) in [6, 6.07) is 3.27. The quantitative estimate of drug-likeness (QED) is 0.0470. The summed E-state index contributed by atoms with van der Waals surface area (Å²) in [4.78, 5) is 38.3. The van der Waals surface area contributed by atoms with Gasteiger partial charge in [-0.25, -0.2) is 0 Å². The van der Waals surface area contributed by atoms with Crippen LogP contribution in [0.3, 0.4) is 0 Å². The predicted octanol–water partition coefficient (Wildman–Crippen LogP) is 7.68. The highest BCUT2D eigenvalue weighted by Gasteiger charge is 2.07. The van der Waals surface area contributed by atoms with Crippen LogP contribution in [-0.4, -0.2) is 65.1 Å². The van der Waals surface area contributed by atoms with Gasteiger partial charge in [-0.3, -0.25) is 19.4 Å². The van der Waals surface area contributed by atoms with Crippen molar-refractivity contribution in [2.75, 3.05) is 32.0 Å². The highest BCUT2D eigenvalue weighted by molar-refractivity contribution is 8.76. The second-order valence-corrected chi connectivity index (χ2v) is 13.7. The maximum Gasteiger partial charge on any atom is 0.253 e. The number of rotatable bonds is 25. The van der Waals surface area contributed by atoms with Crippen molar-refractivity contribution in [3.05, 3.63) is 103 Å². The molecule has 4 N–H and O–H groups in total. The van der Waals surface area contributed by atoms with Crippen LogP contribution in [0.15, 0.2) is 97.4 Å². The highest BCUT2D eigenvalue weighted by Crippen LogP contribution is 2.25. The molecule has 3 amide bonds. The SMILES string of the molecule is CC/C=C\C/C=C\C/C=C\C/C=C\C/C=C\C/C=C\CCC(=O)NCCSSC(C)C.O=C(CNC(=O)c1cccnc1)NCCCO. The Bertz CT molecular complexity index is 1130. The Balaban J connectivity index is 0.00000109. The molecule has 0 spiro atoms. The van der Waals surface area contributed by atoms with Gasteiger partial charge in [-0.15, -0.1) is 0 Å². The number of pyridine rings is 1. The molecule has 48 heavy (non-hydrogen) atoms. The van der Waals surface area contributed by atoms with Gasteiger partial charge in [0.2, 0.25) is 11.8 Å². The smallest absolute Gasteiger partial charge is 0.253 e. The molecule has 1 aromatic rings. The average Bonchev–Trinajstić information content (AvgIpc) is 3.08. The third kappa shape index (κ3) is 32.6. The summed E-state index contributed by atoms with van der Waals surface area (Å²) in [7, 11) is 3.68. The van der Waals surface area contributed by atoms with Crippen molar-refractivity contribution in [3.8, 4) is 0 Å². The molecule has 0 atom stereocenters. The molecule has 0 aliphatic rings. The molecule has 0 saturated carbocycles. The van der Waals surface area contributed by atoms with Crippen molar-refractivity contribution in [3.63, 3.8) is 0 Å². The molecule has 266 valence electrons. The average molecular weight is 699 g/mol. The van der Waals surface area contributed by atoms with Gasteiger partial charge in [0.05, 0.1) is 12.1 Å². The second kappa shape index (κ2) is 35.0. The van der Waals surface area contributed by atoms with Gasteiger partial charge in [-0.2, -0.15) is 0 Å². The lowest BCUT2D eigenvalue weighted by Gasteiger charge is -2.05. The Hall–Kier alpha value is -3.34. The van der Waals surface area contributed by atoms with Crippen molar-refractivity contribution in [2.45, 2.75) is 83.8 Å². The first-order valence-electron chi connectivity index (χ1n) is 16.9. The first-order valence-corrected chi connectivity index (χ1v) is 19.3. The number of aliphatic hydroxyl groups is 1. The van der Waals surface area contributed by atoms with E-state index in [1.807, 2.05) is 21.6 Å². The van der Waals surface area contributed by atoms with E-state index in [9.17, 15) is 14.4 Å². The van der Waals surface area contributed by atoms with Crippen LogP contribution in [0.1, 0.15) is 88.9 Å². The zero-order chi connectivity index (χ0) is 35.3. The van der Waals surface area contributed by atoms with Gasteiger partial charge in [0, 0.05) is 49.5 Å². The minimum absolute atomic E-state index is 0.0301. The van der Waals surface area contributed by atoms with Crippen LogP contribution in [0.4, 0.5) is 0 Å². The summed E-state index contributed by atoms with van der Waals surface area (Å²) in [6.07, 6.45) is 37.2. The minimum Gasteiger partial charge on any atom is -0.396 e. The van der Waals surface area contributed by atoms with Gasteiger partial charge < -0.3 is 21.1 Å². The number of hydrogen-bond acceptors (Lipinski definition) is 7.